The van der Waals surface area contributed by atoms with Gasteiger partial charge in [0.2, 0.25) is 5.91 Å². The zero-order valence-electron chi connectivity index (χ0n) is 9.80. The van der Waals surface area contributed by atoms with Gasteiger partial charge in [0.25, 0.3) is 0 Å². The van der Waals surface area contributed by atoms with Crippen molar-refractivity contribution >= 4 is 22.7 Å². The molecule has 0 aliphatic heterocycles. The summed E-state index contributed by atoms with van der Waals surface area (Å²) in [6, 6.07) is 6.36. The molecular weight excluding hydrogens is 254 g/mol. The van der Waals surface area contributed by atoms with Gasteiger partial charge in [-0.3, -0.25) is 9.00 Å². The molecule has 6 heteroatoms. The predicted molar refractivity (Wildman–Crippen MR) is 68.5 cm³/mol. The summed E-state index contributed by atoms with van der Waals surface area (Å²) < 4.78 is 11.7. The van der Waals surface area contributed by atoms with Crippen molar-refractivity contribution in [1.29, 1.82) is 0 Å². The summed E-state index contributed by atoms with van der Waals surface area (Å²) in [5.41, 5.74) is 5.88. The molecule has 1 unspecified atom stereocenters. The van der Waals surface area contributed by atoms with Crippen LogP contribution in [0.15, 0.2) is 24.3 Å². The van der Waals surface area contributed by atoms with E-state index in [-0.39, 0.29) is 12.0 Å². The Morgan fingerprint density at radius 3 is 2.67 bits per heavy atom. The number of aromatic carboxylic acids is 1. The normalized spacial score (nSPS) is 12.0. The van der Waals surface area contributed by atoms with Crippen molar-refractivity contribution in [3.05, 3.63) is 35.4 Å². The van der Waals surface area contributed by atoms with Gasteiger partial charge in [-0.2, -0.15) is 0 Å². The lowest BCUT2D eigenvalue weighted by atomic mass is 10.1. The number of rotatable bonds is 7. The first-order valence-corrected chi connectivity index (χ1v) is 6.93. The lowest BCUT2D eigenvalue weighted by molar-refractivity contribution is -0.118. The van der Waals surface area contributed by atoms with Crippen LogP contribution in [0.5, 0.6) is 0 Å². The fourth-order valence-electron chi connectivity index (χ4n) is 1.46. The van der Waals surface area contributed by atoms with Crippen LogP contribution >= 0.6 is 0 Å². The SMILES string of the molecule is NC(=O)CCCS(=O)Cc1cccc(C(=O)O)c1. The third-order valence-corrected chi connectivity index (χ3v) is 3.70. The van der Waals surface area contributed by atoms with Crippen LogP contribution in [0, 0.1) is 0 Å². The molecule has 0 fully saturated rings. The molecule has 1 aromatic carbocycles. The van der Waals surface area contributed by atoms with Crippen molar-refractivity contribution in [1.82, 2.24) is 0 Å². The van der Waals surface area contributed by atoms with E-state index in [0.717, 1.165) is 0 Å². The van der Waals surface area contributed by atoms with Crippen LogP contribution < -0.4 is 5.73 Å². The van der Waals surface area contributed by atoms with Crippen LogP contribution in [0.2, 0.25) is 0 Å². The number of primary amides is 1. The molecule has 1 atom stereocenters. The van der Waals surface area contributed by atoms with Gasteiger partial charge in [-0.15, -0.1) is 0 Å². The fourth-order valence-corrected chi connectivity index (χ4v) is 2.62. The Hall–Kier alpha value is -1.69. The number of carboxylic acids is 1. The summed E-state index contributed by atoms with van der Waals surface area (Å²) in [6.07, 6.45) is 0.710. The molecule has 1 rings (SSSR count). The average molecular weight is 269 g/mol. The van der Waals surface area contributed by atoms with Gasteiger partial charge in [0.15, 0.2) is 0 Å². The largest absolute Gasteiger partial charge is 0.478 e. The second kappa shape index (κ2) is 6.90. The van der Waals surface area contributed by atoms with Gasteiger partial charge >= 0.3 is 5.97 Å². The number of amides is 1. The second-order valence-corrected chi connectivity index (χ2v) is 5.44. The van der Waals surface area contributed by atoms with E-state index in [1.54, 1.807) is 12.1 Å². The lowest BCUT2D eigenvalue weighted by Crippen LogP contribution is -2.12. The molecule has 0 radical (unpaired) electrons. The van der Waals surface area contributed by atoms with Gasteiger partial charge in [0.05, 0.1) is 5.56 Å². The maximum absolute atomic E-state index is 11.7. The summed E-state index contributed by atoms with van der Waals surface area (Å²) >= 11 is 0. The van der Waals surface area contributed by atoms with Gasteiger partial charge in [-0.1, -0.05) is 12.1 Å². The number of nitrogens with two attached hydrogens (primary N) is 1. The van der Waals surface area contributed by atoms with Gasteiger partial charge in [-0.25, -0.2) is 4.79 Å². The quantitative estimate of drug-likeness (QED) is 0.768. The first kappa shape index (κ1) is 14.4. The minimum atomic E-state index is -1.11. The van der Waals surface area contributed by atoms with E-state index in [0.29, 0.717) is 23.5 Å². The molecule has 0 heterocycles. The first-order valence-electron chi connectivity index (χ1n) is 5.44. The molecule has 0 bridgehead atoms. The predicted octanol–water partition coefficient (Wildman–Crippen LogP) is 0.899. The molecule has 98 valence electrons. The monoisotopic (exact) mass is 269 g/mol. The van der Waals surface area contributed by atoms with E-state index in [9.17, 15) is 13.8 Å². The van der Waals surface area contributed by atoms with E-state index in [1.165, 1.54) is 12.1 Å². The molecule has 0 aromatic heterocycles. The molecule has 0 aliphatic carbocycles. The van der Waals surface area contributed by atoms with Gasteiger partial charge in [-0.05, 0) is 24.1 Å². The van der Waals surface area contributed by atoms with Crippen molar-refractivity contribution in [3.63, 3.8) is 0 Å². The highest BCUT2D eigenvalue weighted by Crippen LogP contribution is 2.09. The molecule has 0 aliphatic rings. The Kier molecular flexibility index (Phi) is 5.51. The highest BCUT2D eigenvalue weighted by Gasteiger charge is 2.06. The van der Waals surface area contributed by atoms with E-state index < -0.39 is 22.7 Å². The molecule has 0 saturated heterocycles. The zero-order chi connectivity index (χ0) is 13.5. The van der Waals surface area contributed by atoms with E-state index in [2.05, 4.69) is 0 Å². The standard InChI is InChI=1S/C12H15NO4S/c13-11(14)5-2-6-18(17)8-9-3-1-4-10(7-9)12(15)16/h1,3-4,7H,2,5-6,8H2,(H2,13,14)(H,15,16). The topological polar surface area (TPSA) is 97.5 Å². The van der Waals surface area contributed by atoms with Crippen LogP contribution in [0.3, 0.4) is 0 Å². The number of carbonyl (C=O) groups excluding carboxylic acids is 1. The van der Waals surface area contributed by atoms with E-state index >= 15 is 0 Å². The Balaban J connectivity index is 2.51. The minimum absolute atomic E-state index is 0.182. The Bertz CT molecular complexity index is 473. The molecule has 0 saturated carbocycles. The minimum Gasteiger partial charge on any atom is -0.478 e. The van der Waals surface area contributed by atoms with Crippen LogP contribution in [-0.2, 0) is 21.3 Å². The van der Waals surface area contributed by atoms with Crippen LogP contribution in [0.4, 0.5) is 0 Å². The van der Waals surface area contributed by atoms with Crippen molar-refractivity contribution in [3.8, 4) is 0 Å². The first-order chi connectivity index (χ1) is 8.49. The summed E-state index contributed by atoms with van der Waals surface area (Å²) in [7, 11) is -1.11. The maximum atomic E-state index is 11.7. The van der Waals surface area contributed by atoms with Crippen molar-refractivity contribution in [2.75, 3.05) is 5.75 Å². The third kappa shape index (κ3) is 5.09. The number of benzene rings is 1. The Labute approximate surface area is 107 Å². The Morgan fingerprint density at radius 1 is 1.33 bits per heavy atom. The van der Waals surface area contributed by atoms with Crippen molar-refractivity contribution in [2.24, 2.45) is 5.73 Å². The maximum Gasteiger partial charge on any atom is 0.335 e. The molecular formula is C12H15NO4S. The van der Waals surface area contributed by atoms with Crippen molar-refractivity contribution in [2.45, 2.75) is 18.6 Å². The molecule has 18 heavy (non-hydrogen) atoms. The van der Waals surface area contributed by atoms with Gasteiger partial charge < -0.3 is 10.8 Å². The van der Waals surface area contributed by atoms with Gasteiger partial charge in [0.1, 0.15) is 0 Å². The summed E-state index contributed by atoms with van der Waals surface area (Å²) in [4.78, 5) is 21.3. The molecule has 5 nitrogen and oxygen atoms in total. The third-order valence-electron chi connectivity index (χ3n) is 2.30. The summed E-state index contributed by atoms with van der Waals surface area (Å²) in [5.74, 6) is -0.726. The van der Waals surface area contributed by atoms with Crippen LogP contribution in [-0.4, -0.2) is 26.9 Å². The number of carboxylic acid groups (broad SMARTS) is 1. The number of hydrogen-bond acceptors (Lipinski definition) is 3. The molecule has 1 aromatic rings. The Morgan fingerprint density at radius 2 is 2.06 bits per heavy atom. The van der Waals surface area contributed by atoms with Gasteiger partial charge in [0, 0.05) is 28.7 Å². The highest BCUT2D eigenvalue weighted by molar-refractivity contribution is 7.84. The molecule has 1 amide bonds. The van der Waals surface area contributed by atoms with E-state index in [1.807, 2.05) is 0 Å². The highest BCUT2D eigenvalue weighted by atomic mass is 32.2. The summed E-state index contributed by atoms with van der Waals surface area (Å²) in [5, 5.41) is 8.82. The lowest BCUT2D eigenvalue weighted by Gasteiger charge is -2.03. The van der Waals surface area contributed by atoms with Crippen LogP contribution in [0.1, 0.15) is 28.8 Å². The van der Waals surface area contributed by atoms with Crippen LogP contribution in [0.25, 0.3) is 0 Å². The molecule has 3 N–H and O–H groups in total. The average Bonchev–Trinajstić information content (AvgIpc) is 2.28. The second-order valence-electron chi connectivity index (χ2n) is 3.86. The number of carbonyl (C=O) groups is 2. The van der Waals surface area contributed by atoms with Crippen molar-refractivity contribution < 1.29 is 18.9 Å². The molecule has 0 spiro atoms. The zero-order valence-corrected chi connectivity index (χ0v) is 10.6. The fraction of sp³-hybridized carbons (Fsp3) is 0.333. The smallest absolute Gasteiger partial charge is 0.335 e. The van der Waals surface area contributed by atoms with E-state index in [4.69, 9.17) is 10.8 Å². The summed E-state index contributed by atoms with van der Waals surface area (Å²) in [6.45, 7) is 0. The number of hydrogen-bond donors (Lipinski definition) is 2.